The molecule has 2 aromatic rings. The number of pyridine rings is 1. The van der Waals surface area contributed by atoms with Crippen LogP contribution < -0.4 is 5.56 Å². The lowest BCUT2D eigenvalue weighted by atomic mass is 10.1. The monoisotopic (exact) mass is 221 g/mol. The Kier molecular flexibility index (Phi) is 2.53. The van der Waals surface area contributed by atoms with Crippen LogP contribution >= 0.6 is 11.6 Å². The average molecular weight is 222 g/mol. The van der Waals surface area contributed by atoms with Gasteiger partial charge in [-0.3, -0.25) is 4.79 Å². The van der Waals surface area contributed by atoms with Gasteiger partial charge in [0, 0.05) is 12.2 Å². The lowest BCUT2D eigenvalue weighted by molar-refractivity contribution is 0.583. The smallest absolute Gasteiger partial charge is 0.260 e. The molecule has 0 amide bonds. The topological polar surface area (TPSA) is 22.0 Å². The van der Waals surface area contributed by atoms with E-state index in [0.717, 1.165) is 5.39 Å². The van der Waals surface area contributed by atoms with Gasteiger partial charge in [-0.15, -0.1) is 0 Å². The zero-order valence-electron chi connectivity index (χ0n) is 8.70. The molecule has 0 N–H and O–H groups in total. The Morgan fingerprint density at radius 3 is 2.67 bits per heavy atom. The summed E-state index contributed by atoms with van der Waals surface area (Å²) >= 11 is 6.03. The van der Waals surface area contributed by atoms with Crippen molar-refractivity contribution in [2.45, 2.75) is 19.9 Å². The summed E-state index contributed by atoms with van der Waals surface area (Å²) in [7, 11) is 0. The van der Waals surface area contributed by atoms with E-state index in [0.29, 0.717) is 10.4 Å². The number of benzene rings is 1. The van der Waals surface area contributed by atoms with E-state index in [-0.39, 0.29) is 11.6 Å². The molecular weight excluding hydrogens is 210 g/mol. The molecule has 0 saturated carbocycles. The van der Waals surface area contributed by atoms with E-state index in [4.69, 9.17) is 11.6 Å². The highest BCUT2D eigenvalue weighted by Gasteiger charge is 2.07. The fraction of sp³-hybridized carbons (Fsp3) is 0.250. The third-order valence-electron chi connectivity index (χ3n) is 2.47. The summed E-state index contributed by atoms with van der Waals surface area (Å²) in [6, 6.07) is 7.56. The van der Waals surface area contributed by atoms with Crippen LogP contribution in [-0.2, 0) is 0 Å². The predicted molar refractivity (Wildman–Crippen MR) is 63.6 cm³/mol. The highest BCUT2D eigenvalue weighted by molar-refractivity contribution is 6.35. The fourth-order valence-electron chi connectivity index (χ4n) is 1.67. The van der Waals surface area contributed by atoms with Crippen LogP contribution in [0.4, 0.5) is 0 Å². The Morgan fingerprint density at radius 2 is 2.00 bits per heavy atom. The van der Waals surface area contributed by atoms with E-state index < -0.39 is 0 Å². The van der Waals surface area contributed by atoms with E-state index in [9.17, 15) is 4.79 Å². The Labute approximate surface area is 93.1 Å². The fourth-order valence-corrected chi connectivity index (χ4v) is 1.93. The van der Waals surface area contributed by atoms with Gasteiger partial charge in [-0.2, -0.15) is 0 Å². The number of aromatic nitrogens is 1. The van der Waals surface area contributed by atoms with Crippen molar-refractivity contribution in [2.75, 3.05) is 0 Å². The maximum absolute atomic E-state index is 12.1. The molecule has 0 spiro atoms. The standard InChI is InChI=1S/C12H12ClNO/c1-8(2)14-7-6-9-4-3-5-10(13)11(9)12(14)15/h3-8H,1-2H3. The van der Waals surface area contributed by atoms with Crippen LogP contribution in [0.2, 0.25) is 5.02 Å². The van der Waals surface area contributed by atoms with Crippen LogP contribution in [0.25, 0.3) is 10.8 Å². The highest BCUT2D eigenvalue weighted by atomic mass is 35.5. The van der Waals surface area contributed by atoms with Gasteiger partial charge in [-0.1, -0.05) is 23.7 Å². The Bertz CT molecular complexity index is 557. The minimum Gasteiger partial charge on any atom is -0.312 e. The Hall–Kier alpha value is -1.28. The summed E-state index contributed by atoms with van der Waals surface area (Å²) < 4.78 is 1.69. The molecule has 78 valence electrons. The van der Waals surface area contributed by atoms with Gasteiger partial charge in [0.05, 0.1) is 10.4 Å². The minimum atomic E-state index is -0.0203. The van der Waals surface area contributed by atoms with Crippen molar-refractivity contribution in [1.82, 2.24) is 4.57 Å². The predicted octanol–water partition coefficient (Wildman–Crippen LogP) is 3.24. The molecule has 1 aromatic carbocycles. The molecular formula is C12H12ClNO. The molecule has 0 fully saturated rings. The molecule has 15 heavy (non-hydrogen) atoms. The second-order valence-electron chi connectivity index (χ2n) is 3.83. The zero-order chi connectivity index (χ0) is 11.0. The summed E-state index contributed by atoms with van der Waals surface area (Å²) in [5.74, 6) is 0. The largest absolute Gasteiger partial charge is 0.312 e. The van der Waals surface area contributed by atoms with Crippen molar-refractivity contribution in [3.63, 3.8) is 0 Å². The molecule has 1 heterocycles. The minimum absolute atomic E-state index is 0.0203. The van der Waals surface area contributed by atoms with Crippen molar-refractivity contribution >= 4 is 22.4 Å². The third-order valence-corrected chi connectivity index (χ3v) is 2.78. The maximum atomic E-state index is 12.1. The molecule has 0 atom stereocenters. The van der Waals surface area contributed by atoms with E-state index in [1.807, 2.05) is 38.2 Å². The van der Waals surface area contributed by atoms with Crippen LogP contribution in [0, 0.1) is 0 Å². The van der Waals surface area contributed by atoms with Crippen LogP contribution in [0.5, 0.6) is 0 Å². The van der Waals surface area contributed by atoms with Gasteiger partial charge in [0.1, 0.15) is 0 Å². The van der Waals surface area contributed by atoms with Crippen molar-refractivity contribution in [3.8, 4) is 0 Å². The molecule has 0 bridgehead atoms. The lowest BCUT2D eigenvalue weighted by Crippen LogP contribution is -2.21. The molecule has 0 aliphatic heterocycles. The number of nitrogens with zero attached hydrogens (tertiary/aromatic N) is 1. The zero-order valence-corrected chi connectivity index (χ0v) is 9.45. The number of rotatable bonds is 1. The Morgan fingerprint density at radius 1 is 1.27 bits per heavy atom. The molecule has 0 aliphatic rings. The number of fused-ring (bicyclic) bond motifs is 1. The van der Waals surface area contributed by atoms with Crippen LogP contribution in [0.1, 0.15) is 19.9 Å². The first kappa shape index (κ1) is 10.2. The summed E-state index contributed by atoms with van der Waals surface area (Å²) in [5.41, 5.74) is -0.0203. The van der Waals surface area contributed by atoms with Crippen molar-refractivity contribution < 1.29 is 0 Å². The van der Waals surface area contributed by atoms with E-state index in [1.54, 1.807) is 10.6 Å². The van der Waals surface area contributed by atoms with Crippen molar-refractivity contribution in [2.24, 2.45) is 0 Å². The summed E-state index contributed by atoms with van der Waals surface area (Å²) in [4.78, 5) is 12.1. The first-order chi connectivity index (χ1) is 7.11. The quantitative estimate of drug-likeness (QED) is 0.725. The first-order valence-electron chi connectivity index (χ1n) is 4.90. The summed E-state index contributed by atoms with van der Waals surface area (Å²) in [6.45, 7) is 3.95. The van der Waals surface area contributed by atoms with Crippen LogP contribution in [-0.4, -0.2) is 4.57 Å². The van der Waals surface area contributed by atoms with Gasteiger partial charge in [-0.05, 0) is 31.4 Å². The molecule has 1 aromatic heterocycles. The molecule has 0 unspecified atom stereocenters. The lowest BCUT2D eigenvalue weighted by Gasteiger charge is -2.10. The van der Waals surface area contributed by atoms with Gasteiger partial charge in [0.25, 0.3) is 5.56 Å². The molecule has 0 saturated heterocycles. The molecule has 0 aliphatic carbocycles. The van der Waals surface area contributed by atoms with Gasteiger partial charge in [-0.25, -0.2) is 0 Å². The SMILES string of the molecule is CC(C)n1ccc2cccc(Cl)c2c1=O. The molecule has 0 radical (unpaired) electrons. The van der Waals surface area contributed by atoms with E-state index >= 15 is 0 Å². The normalized spacial score (nSPS) is 11.2. The molecule has 3 heteroatoms. The second kappa shape index (κ2) is 3.70. The summed E-state index contributed by atoms with van der Waals surface area (Å²) in [6.07, 6.45) is 1.81. The van der Waals surface area contributed by atoms with Crippen LogP contribution in [0.3, 0.4) is 0 Å². The average Bonchev–Trinajstić information content (AvgIpc) is 2.17. The van der Waals surface area contributed by atoms with Crippen molar-refractivity contribution in [3.05, 3.63) is 45.8 Å². The third kappa shape index (κ3) is 1.65. The van der Waals surface area contributed by atoms with Gasteiger partial charge >= 0.3 is 0 Å². The maximum Gasteiger partial charge on any atom is 0.260 e. The van der Waals surface area contributed by atoms with Gasteiger partial charge < -0.3 is 4.57 Å². The van der Waals surface area contributed by atoms with Crippen LogP contribution in [0.15, 0.2) is 35.3 Å². The number of halogens is 1. The Balaban J connectivity index is 2.90. The van der Waals surface area contributed by atoms with Gasteiger partial charge in [0.15, 0.2) is 0 Å². The molecule has 2 rings (SSSR count). The van der Waals surface area contributed by atoms with Gasteiger partial charge in [0.2, 0.25) is 0 Å². The number of hydrogen-bond acceptors (Lipinski definition) is 1. The first-order valence-corrected chi connectivity index (χ1v) is 5.28. The summed E-state index contributed by atoms with van der Waals surface area (Å²) in [5, 5.41) is 2.02. The second-order valence-corrected chi connectivity index (χ2v) is 4.23. The van der Waals surface area contributed by atoms with E-state index in [1.165, 1.54) is 0 Å². The van der Waals surface area contributed by atoms with Crippen molar-refractivity contribution in [1.29, 1.82) is 0 Å². The molecule has 2 nitrogen and oxygen atoms in total. The highest BCUT2D eigenvalue weighted by Crippen LogP contribution is 2.20. The van der Waals surface area contributed by atoms with E-state index in [2.05, 4.69) is 0 Å². The number of hydrogen-bond donors (Lipinski definition) is 0.